The second kappa shape index (κ2) is 3.46. The average Bonchev–Trinajstić information content (AvgIpc) is 2.62. The van der Waals surface area contributed by atoms with Crippen LogP contribution in [0, 0.1) is 17.1 Å². The lowest BCUT2D eigenvalue weighted by atomic mass is 10.1. The Balaban J connectivity index is 2.56. The molecule has 0 bridgehead atoms. The van der Waals surface area contributed by atoms with E-state index in [2.05, 4.69) is 15.9 Å². The molecule has 0 saturated heterocycles. The molecule has 0 fully saturated rings. The zero-order valence-electron chi connectivity index (χ0n) is 7.01. The summed E-state index contributed by atoms with van der Waals surface area (Å²) in [6, 6.07) is 3.38. The summed E-state index contributed by atoms with van der Waals surface area (Å²) >= 11 is 3.06. The summed E-state index contributed by atoms with van der Waals surface area (Å²) in [7, 11) is 0. The van der Waals surface area contributed by atoms with Gasteiger partial charge in [-0.1, -0.05) is 0 Å². The van der Waals surface area contributed by atoms with E-state index >= 15 is 0 Å². The molecule has 3 nitrogen and oxygen atoms in total. The van der Waals surface area contributed by atoms with E-state index < -0.39 is 5.82 Å². The van der Waals surface area contributed by atoms with Crippen LogP contribution in [0.4, 0.5) is 4.39 Å². The van der Waals surface area contributed by atoms with Gasteiger partial charge in [-0.05, 0) is 22.0 Å². The van der Waals surface area contributed by atoms with E-state index in [0.717, 1.165) is 0 Å². The zero-order valence-corrected chi connectivity index (χ0v) is 8.60. The molecule has 0 saturated carbocycles. The number of nitriles is 1. The summed E-state index contributed by atoms with van der Waals surface area (Å²) in [4.78, 5) is 0. The molecule has 1 aromatic rings. The van der Waals surface area contributed by atoms with E-state index in [1.165, 1.54) is 6.07 Å². The fraction of sp³-hybridized carbons (Fsp3) is 0.222. The van der Waals surface area contributed by atoms with E-state index in [0.29, 0.717) is 17.1 Å². The quantitative estimate of drug-likeness (QED) is 0.776. The van der Waals surface area contributed by atoms with Gasteiger partial charge in [0, 0.05) is 5.56 Å². The van der Waals surface area contributed by atoms with E-state index in [-0.39, 0.29) is 17.7 Å². The molecule has 0 amide bonds. The lowest BCUT2D eigenvalue weighted by Crippen LogP contribution is -1.93. The Bertz CT molecular complexity index is 428. The molecule has 0 aromatic heterocycles. The number of halogens is 2. The maximum atomic E-state index is 13.5. The maximum absolute atomic E-state index is 13.5. The molecule has 1 aliphatic heterocycles. The topological polar surface area (TPSA) is 42.2 Å². The van der Waals surface area contributed by atoms with Crippen molar-refractivity contribution in [2.45, 2.75) is 6.42 Å². The first-order chi connectivity index (χ1) is 6.74. The van der Waals surface area contributed by atoms with Crippen molar-refractivity contribution >= 4 is 15.9 Å². The fourth-order valence-electron chi connectivity index (χ4n) is 1.24. The van der Waals surface area contributed by atoms with E-state index in [9.17, 15) is 4.39 Å². The zero-order chi connectivity index (χ0) is 10.1. The standard InChI is InChI=1S/C9H5BrFNO2/c10-7-8(11)5(1-2-12)3-6-9(7)14-4-13-6/h3H,1,4H2. The Morgan fingerprint density at radius 2 is 2.36 bits per heavy atom. The van der Waals surface area contributed by atoms with Gasteiger partial charge in [0.25, 0.3) is 0 Å². The largest absolute Gasteiger partial charge is 0.454 e. The Morgan fingerprint density at radius 3 is 3.07 bits per heavy atom. The number of ether oxygens (including phenoxy) is 2. The van der Waals surface area contributed by atoms with Gasteiger partial charge >= 0.3 is 0 Å². The second-order valence-corrected chi connectivity index (χ2v) is 3.53. The second-order valence-electron chi connectivity index (χ2n) is 2.73. The van der Waals surface area contributed by atoms with Crippen molar-refractivity contribution in [1.29, 1.82) is 5.26 Å². The summed E-state index contributed by atoms with van der Waals surface area (Å²) in [6.07, 6.45) is 0.0150. The minimum Gasteiger partial charge on any atom is -0.454 e. The summed E-state index contributed by atoms with van der Waals surface area (Å²) in [5, 5.41) is 8.48. The highest BCUT2D eigenvalue weighted by molar-refractivity contribution is 9.10. The Morgan fingerprint density at radius 1 is 1.57 bits per heavy atom. The molecule has 0 aliphatic carbocycles. The normalized spacial score (nSPS) is 12.6. The van der Waals surface area contributed by atoms with Crippen molar-refractivity contribution in [3.8, 4) is 17.6 Å². The van der Waals surface area contributed by atoms with Crippen LogP contribution < -0.4 is 9.47 Å². The lowest BCUT2D eigenvalue weighted by Gasteiger charge is -2.04. The van der Waals surface area contributed by atoms with Gasteiger partial charge in [-0.25, -0.2) is 4.39 Å². The number of hydrogen-bond donors (Lipinski definition) is 0. The van der Waals surface area contributed by atoms with Crippen LogP contribution in [0.5, 0.6) is 11.5 Å². The Labute approximate surface area is 88.2 Å². The van der Waals surface area contributed by atoms with Gasteiger partial charge in [-0.15, -0.1) is 0 Å². The molecular formula is C9H5BrFNO2. The number of rotatable bonds is 1. The van der Waals surface area contributed by atoms with E-state index in [4.69, 9.17) is 14.7 Å². The van der Waals surface area contributed by atoms with Crippen LogP contribution in [0.3, 0.4) is 0 Å². The molecule has 72 valence electrons. The molecule has 1 aliphatic rings. The van der Waals surface area contributed by atoms with Crippen molar-refractivity contribution in [1.82, 2.24) is 0 Å². The summed E-state index contributed by atoms with van der Waals surface area (Å²) in [5.41, 5.74) is 0.309. The van der Waals surface area contributed by atoms with Gasteiger partial charge in [-0.2, -0.15) is 5.26 Å². The van der Waals surface area contributed by atoms with Crippen LogP contribution in [-0.2, 0) is 6.42 Å². The molecule has 0 radical (unpaired) electrons. The predicted octanol–water partition coefficient (Wildman–Crippen LogP) is 2.38. The molecule has 1 aromatic carbocycles. The molecule has 0 atom stereocenters. The predicted molar refractivity (Wildman–Crippen MR) is 49.5 cm³/mol. The number of fused-ring (bicyclic) bond motifs is 1. The van der Waals surface area contributed by atoms with Crippen LogP contribution >= 0.6 is 15.9 Å². The minimum absolute atomic E-state index is 0.0150. The van der Waals surface area contributed by atoms with E-state index in [1.807, 2.05) is 6.07 Å². The van der Waals surface area contributed by atoms with Crippen LogP contribution in [-0.4, -0.2) is 6.79 Å². The van der Waals surface area contributed by atoms with E-state index in [1.54, 1.807) is 0 Å². The van der Waals surface area contributed by atoms with Crippen LogP contribution in [0.25, 0.3) is 0 Å². The van der Waals surface area contributed by atoms with Crippen molar-refractivity contribution < 1.29 is 13.9 Å². The summed E-state index contributed by atoms with van der Waals surface area (Å²) in [6.45, 7) is 0.0867. The van der Waals surface area contributed by atoms with Gasteiger partial charge in [0.05, 0.1) is 17.0 Å². The van der Waals surface area contributed by atoms with Crippen molar-refractivity contribution in [2.75, 3.05) is 6.79 Å². The molecule has 1 heterocycles. The fourth-order valence-corrected chi connectivity index (χ4v) is 1.81. The number of nitrogens with zero attached hydrogens (tertiary/aromatic N) is 1. The summed E-state index contributed by atoms with van der Waals surface area (Å²) in [5.74, 6) is 0.378. The Hall–Kier alpha value is -1.28. The molecule has 0 unspecified atom stereocenters. The van der Waals surface area contributed by atoms with Crippen LogP contribution in [0.1, 0.15) is 5.56 Å². The molecular weight excluding hydrogens is 253 g/mol. The number of hydrogen-bond acceptors (Lipinski definition) is 3. The van der Waals surface area contributed by atoms with Crippen molar-refractivity contribution in [3.05, 3.63) is 21.9 Å². The molecule has 0 spiro atoms. The van der Waals surface area contributed by atoms with Gasteiger partial charge < -0.3 is 9.47 Å². The third-order valence-electron chi connectivity index (χ3n) is 1.89. The highest BCUT2D eigenvalue weighted by Crippen LogP contribution is 2.42. The minimum atomic E-state index is -0.462. The lowest BCUT2D eigenvalue weighted by molar-refractivity contribution is 0.173. The maximum Gasteiger partial charge on any atom is 0.231 e. The highest BCUT2D eigenvalue weighted by Gasteiger charge is 2.22. The smallest absolute Gasteiger partial charge is 0.231 e. The average molecular weight is 258 g/mol. The Kier molecular flexibility index (Phi) is 2.30. The van der Waals surface area contributed by atoms with Crippen molar-refractivity contribution in [3.63, 3.8) is 0 Å². The van der Waals surface area contributed by atoms with Gasteiger partial charge in [0.15, 0.2) is 11.5 Å². The molecule has 5 heteroatoms. The first kappa shape index (κ1) is 9.28. The first-order valence-electron chi connectivity index (χ1n) is 3.87. The van der Waals surface area contributed by atoms with Crippen LogP contribution in [0.15, 0.2) is 10.5 Å². The SMILES string of the molecule is N#CCc1cc2c(c(Br)c1F)OCO2. The van der Waals surface area contributed by atoms with Gasteiger partial charge in [-0.3, -0.25) is 0 Å². The molecule has 2 rings (SSSR count). The first-order valence-corrected chi connectivity index (χ1v) is 4.66. The number of benzene rings is 1. The highest BCUT2D eigenvalue weighted by atomic mass is 79.9. The third kappa shape index (κ3) is 1.32. The van der Waals surface area contributed by atoms with Gasteiger partial charge in [0.2, 0.25) is 6.79 Å². The molecule has 14 heavy (non-hydrogen) atoms. The monoisotopic (exact) mass is 257 g/mol. The summed E-state index contributed by atoms with van der Waals surface area (Å²) < 4.78 is 23.9. The van der Waals surface area contributed by atoms with Crippen molar-refractivity contribution in [2.24, 2.45) is 0 Å². The molecule has 0 N–H and O–H groups in total. The third-order valence-corrected chi connectivity index (χ3v) is 2.60. The van der Waals surface area contributed by atoms with Gasteiger partial charge in [0.1, 0.15) is 5.82 Å². The van der Waals surface area contributed by atoms with Crippen LogP contribution in [0.2, 0.25) is 0 Å².